The smallest absolute Gasteiger partial charge is 0.241 e. The summed E-state index contributed by atoms with van der Waals surface area (Å²) < 4.78 is 4.87. The Hall–Kier alpha value is -0.610. The summed E-state index contributed by atoms with van der Waals surface area (Å²) in [6, 6.07) is -0.502. The molecule has 0 radical (unpaired) electrons. The molecule has 1 aliphatic rings. The fourth-order valence-corrected chi connectivity index (χ4v) is 1.79. The first-order chi connectivity index (χ1) is 6.56. The number of carbonyl (C=O) groups excluding carboxylic acids is 1. The van der Waals surface area contributed by atoms with E-state index in [0.717, 1.165) is 13.1 Å². The van der Waals surface area contributed by atoms with E-state index in [9.17, 15) is 4.79 Å². The van der Waals surface area contributed by atoms with Crippen molar-refractivity contribution in [1.29, 1.82) is 0 Å². The molecule has 0 bridgehead atoms. The number of ether oxygens (including phenoxy) is 1. The normalized spacial score (nSPS) is 29.3. The van der Waals surface area contributed by atoms with Gasteiger partial charge in [-0.3, -0.25) is 4.79 Å². The Morgan fingerprint density at radius 3 is 2.43 bits per heavy atom. The van der Waals surface area contributed by atoms with Crippen molar-refractivity contribution in [2.24, 2.45) is 17.6 Å². The van der Waals surface area contributed by atoms with Crippen LogP contribution >= 0.6 is 0 Å². The average Bonchev–Trinajstić information content (AvgIpc) is 2.46. The molecular weight excluding hydrogens is 180 g/mol. The molecule has 4 nitrogen and oxygen atoms in total. The van der Waals surface area contributed by atoms with E-state index in [1.807, 2.05) is 4.90 Å². The van der Waals surface area contributed by atoms with Crippen LogP contribution in [0.1, 0.15) is 13.8 Å². The Labute approximate surface area is 85.4 Å². The highest BCUT2D eigenvalue weighted by Gasteiger charge is 2.31. The number of likely N-dealkylation sites (tertiary alicyclic amines) is 1. The third kappa shape index (κ3) is 2.45. The Bertz CT molecular complexity index is 198. The third-order valence-corrected chi connectivity index (χ3v) is 2.96. The summed E-state index contributed by atoms with van der Waals surface area (Å²) in [7, 11) is 1.56. The zero-order valence-electron chi connectivity index (χ0n) is 9.19. The van der Waals surface area contributed by atoms with Gasteiger partial charge in [-0.1, -0.05) is 13.8 Å². The molecule has 82 valence electrons. The van der Waals surface area contributed by atoms with Crippen molar-refractivity contribution in [3.8, 4) is 0 Å². The van der Waals surface area contributed by atoms with Crippen LogP contribution in [-0.4, -0.2) is 43.7 Å². The van der Waals surface area contributed by atoms with E-state index in [1.165, 1.54) is 0 Å². The lowest BCUT2D eigenvalue weighted by molar-refractivity contribution is -0.132. The van der Waals surface area contributed by atoms with E-state index in [2.05, 4.69) is 13.8 Å². The number of nitrogens with two attached hydrogens (primary N) is 1. The number of methoxy groups -OCH3 is 1. The van der Waals surface area contributed by atoms with Crippen LogP contribution in [0.15, 0.2) is 0 Å². The molecule has 1 rings (SSSR count). The predicted octanol–water partition coefficient (Wildman–Crippen LogP) is 0.0745. The van der Waals surface area contributed by atoms with E-state index < -0.39 is 6.04 Å². The van der Waals surface area contributed by atoms with Crippen molar-refractivity contribution in [3.05, 3.63) is 0 Å². The minimum atomic E-state index is -0.502. The summed E-state index contributed by atoms with van der Waals surface area (Å²) in [5, 5.41) is 0. The number of hydrogen-bond donors (Lipinski definition) is 1. The average molecular weight is 200 g/mol. The molecule has 0 aliphatic carbocycles. The molecule has 3 unspecified atom stereocenters. The predicted molar refractivity (Wildman–Crippen MR) is 54.8 cm³/mol. The van der Waals surface area contributed by atoms with Gasteiger partial charge in [-0.25, -0.2) is 0 Å². The summed E-state index contributed by atoms with van der Waals surface area (Å²) in [5.74, 6) is 1.17. The van der Waals surface area contributed by atoms with Crippen LogP contribution in [-0.2, 0) is 9.53 Å². The van der Waals surface area contributed by atoms with Crippen molar-refractivity contribution in [1.82, 2.24) is 4.90 Å². The number of carbonyl (C=O) groups is 1. The van der Waals surface area contributed by atoms with E-state index in [-0.39, 0.29) is 5.91 Å². The molecular formula is C10H20N2O2. The van der Waals surface area contributed by atoms with Crippen LogP contribution in [0.4, 0.5) is 0 Å². The van der Waals surface area contributed by atoms with Gasteiger partial charge >= 0.3 is 0 Å². The van der Waals surface area contributed by atoms with E-state index in [1.54, 1.807) is 7.11 Å². The van der Waals surface area contributed by atoms with Crippen LogP contribution in [0.2, 0.25) is 0 Å². The molecule has 1 saturated heterocycles. The topological polar surface area (TPSA) is 55.6 Å². The van der Waals surface area contributed by atoms with Gasteiger partial charge < -0.3 is 15.4 Å². The zero-order chi connectivity index (χ0) is 10.7. The molecule has 0 saturated carbocycles. The number of rotatable bonds is 3. The Balaban J connectivity index is 2.46. The van der Waals surface area contributed by atoms with Crippen LogP contribution in [0.3, 0.4) is 0 Å². The lowest BCUT2D eigenvalue weighted by atomic mass is 10.0. The highest BCUT2D eigenvalue weighted by Crippen LogP contribution is 2.22. The molecule has 14 heavy (non-hydrogen) atoms. The number of amides is 1. The Kier molecular flexibility index (Phi) is 3.89. The van der Waals surface area contributed by atoms with Gasteiger partial charge in [0.25, 0.3) is 0 Å². The molecule has 0 aromatic carbocycles. The fourth-order valence-electron chi connectivity index (χ4n) is 1.79. The highest BCUT2D eigenvalue weighted by molar-refractivity contribution is 5.82. The first kappa shape index (κ1) is 11.5. The standard InChI is InChI=1S/C10H20N2O2/c1-7-4-12(5-8(7)2)10(13)9(11)6-14-3/h7-9H,4-6,11H2,1-3H3. The van der Waals surface area contributed by atoms with Gasteiger partial charge in [0.15, 0.2) is 0 Å². The summed E-state index contributed by atoms with van der Waals surface area (Å²) in [4.78, 5) is 13.6. The van der Waals surface area contributed by atoms with Gasteiger partial charge in [0.2, 0.25) is 5.91 Å². The molecule has 2 N–H and O–H groups in total. The molecule has 3 atom stereocenters. The van der Waals surface area contributed by atoms with Gasteiger partial charge in [0.1, 0.15) is 6.04 Å². The maximum absolute atomic E-state index is 11.7. The van der Waals surface area contributed by atoms with Crippen LogP contribution in [0.25, 0.3) is 0 Å². The molecule has 1 aliphatic heterocycles. The summed E-state index contributed by atoms with van der Waals surface area (Å²) in [6.07, 6.45) is 0. The zero-order valence-corrected chi connectivity index (χ0v) is 9.19. The van der Waals surface area contributed by atoms with Crippen molar-refractivity contribution < 1.29 is 9.53 Å². The molecule has 4 heteroatoms. The molecule has 1 heterocycles. The van der Waals surface area contributed by atoms with Gasteiger partial charge in [0, 0.05) is 20.2 Å². The molecule has 1 amide bonds. The first-order valence-corrected chi connectivity index (χ1v) is 5.09. The number of nitrogens with zero attached hydrogens (tertiary/aromatic N) is 1. The minimum absolute atomic E-state index is 0.0167. The SMILES string of the molecule is COCC(N)C(=O)N1CC(C)C(C)C1. The molecule has 0 aromatic heterocycles. The first-order valence-electron chi connectivity index (χ1n) is 5.09. The van der Waals surface area contributed by atoms with E-state index in [4.69, 9.17) is 10.5 Å². The quantitative estimate of drug-likeness (QED) is 0.701. The van der Waals surface area contributed by atoms with Crippen molar-refractivity contribution in [2.75, 3.05) is 26.8 Å². The molecule has 1 fully saturated rings. The highest BCUT2D eigenvalue weighted by atomic mass is 16.5. The number of hydrogen-bond acceptors (Lipinski definition) is 3. The second kappa shape index (κ2) is 4.75. The van der Waals surface area contributed by atoms with Gasteiger partial charge in [-0.2, -0.15) is 0 Å². The lowest BCUT2D eigenvalue weighted by Gasteiger charge is -2.20. The Morgan fingerprint density at radius 2 is 2.00 bits per heavy atom. The molecule has 0 aromatic rings. The Morgan fingerprint density at radius 1 is 1.50 bits per heavy atom. The second-order valence-electron chi connectivity index (χ2n) is 4.26. The minimum Gasteiger partial charge on any atom is -0.383 e. The van der Waals surface area contributed by atoms with Crippen LogP contribution in [0, 0.1) is 11.8 Å². The van der Waals surface area contributed by atoms with Gasteiger partial charge in [-0.15, -0.1) is 0 Å². The third-order valence-electron chi connectivity index (χ3n) is 2.96. The second-order valence-corrected chi connectivity index (χ2v) is 4.26. The van der Waals surface area contributed by atoms with E-state index in [0.29, 0.717) is 18.4 Å². The van der Waals surface area contributed by atoms with Crippen LogP contribution in [0.5, 0.6) is 0 Å². The van der Waals surface area contributed by atoms with Crippen molar-refractivity contribution >= 4 is 5.91 Å². The summed E-state index contributed by atoms with van der Waals surface area (Å²) >= 11 is 0. The molecule has 0 spiro atoms. The van der Waals surface area contributed by atoms with Crippen LogP contribution < -0.4 is 5.73 Å². The van der Waals surface area contributed by atoms with E-state index >= 15 is 0 Å². The maximum Gasteiger partial charge on any atom is 0.241 e. The van der Waals surface area contributed by atoms with Gasteiger partial charge in [0.05, 0.1) is 6.61 Å². The maximum atomic E-state index is 11.7. The van der Waals surface area contributed by atoms with Crippen molar-refractivity contribution in [2.45, 2.75) is 19.9 Å². The fraction of sp³-hybridized carbons (Fsp3) is 0.900. The monoisotopic (exact) mass is 200 g/mol. The van der Waals surface area contributed by atoms with Crippen molar-refractivity contribution in [3.63, 3.8) is 0 Å². The van der Waals surface area contributed by atoms with Gasteiger partial charge in [-0.05, 0) is 11.8 Å². The lowest BCUT2D eigenvalue weighted by Crippen LogP contribution is -2.45. The summed E-state index contributed by atoms with van der Waals surface area (Å²) in [6.45, 7) is 6.30. The summed E-state index contributed by atoms with van der Waals surface area (Å²) in [5.41, 5.74) is 5.68. The largest absolute Gasteiger partial charge is 0.383 e.